The Labute approximate surface area is 304 Å². The van der Waals surface area contributed by atoms with Gasteiger partial charge in [0.1, 0.15) is 39.2 Å². The zero-order valence-electron chi connectivity index (χ0n) is 29.9. The van der Waals surface area contributed by atoms with Crippen molar-refractivity contribution in [1.82, 2.24) is 0 Å². The van der Waals surface area contributed by atoms with Gasteiger partial charge in [0.15, 0.2) is 0 Å². The molecule has 9 aromatic rings. The van der Waals surface area contributed by atoms with Gasteiger partial charge in [0.25, 0.3) is 0 Å². The van der Waals surface area contributed by atoms with Crippen LogP contribution in [0.5, 0.6) is 0 Å². The van der Waals surface area contributed by atoms with Crippen molar-refractivity contribution in [1.29, 1.82) is 0 Å². The molecule has 9 rings (SSSR count). The van der Waals surface area contributed by atoms with Crippen LogP contribution in [-0.2, 0) is 0 Å². The summed E-state index contributed by atoms with van der Waals surface area (Å²) in [4.78, 5) is 0. The van der Waals surface area contributed by atoms with Gasteiger partial charge >= 0.3 is 0 Å². The van der Waals surface area contributed by atoms with Gasteiger partial charge in [0.05, 0.1) is 0 Å². The number of rotatable bonds is 4. The highest BCUT2D eigenvalue weighted by atomic mass is 14.2. The van der Waals surface area contributed by atoms with E-state index in [9.17, 15) is 0 Å². The minimum Gasteiger partial charge on any atom is -0.102 e. The first-order valence-electron chi connectivity index (χ1n) is 18.0. The minimum absolute atomic E-state index is 1.23. The van der Waals surface area contributed by atoms with E-state index in [0.717, 1.165) is 0 Å². The molecule has 9 aromatic carbocycles. The summed E-state index contributed by atoms with van der Waals surface area (Å²) in [5, 5.41) is 10.1. The van der Waals surface area contributed by atoms with Gasteiger partial charge in [0, 0.05) is 0 Å². The summed E-state index contributed by atoms with van der Waals surface area (Å²) < 4.78 is 0. The third-order valence-electron chi connectivity index (χ3n) is 11.6. The van der Waals surface area contributed by atoms with Crippen molar-refractivity contribution in [3.8, 4) is 44.5 Å². The molecule has 0 bridgehead atoms. The van der Waals surface area contributed by atoms with Crippen LogP contribution in [0, 0.1) is 0 Å². The van der Waals surface area contributed by atoms with E-state index in [1.807, 2.05) is 0 Å². The molecule has 0 aliphatic carbocycles. The molecule has 51 heavy (non-hydrogen) atoms. The lowest BCUT2D eigenvalue weighted by Gasteiger charge is -2.23. The number of benzene rings is 9. The van der Waals surface area contributed by atoms with Crippen molar-refractivity contribution in [3.63, 3.8) is 0 Å². The van der Waals surface area contributed by atoms with Gasteiger partial charge in [-0.3, -0.25) is 0 Å². The molecule has 0 nitrogen and oxygen atoms in total. The average Bonchev–Trinajstić information content (AvgIpc) is 3.18. The fraction of sp³-hybridized carbons (Fsp3) is 0. The highest BCUT2D eigenvalue weighted by Crippen LogP contribution is 2.46. The first-order chi connectivity index (χ1) is 24.9. The Morgan fingerprint density at radius 2 is 0.725 bits per heavy atom. The summed E-state index contributed by atoms with van der Waals surface area (Å²) in [6.07, 6.45) is 0. The Morgan fingerprint density at radius 3 is 1.37 bits per heavy atom. The summed E-state index contributed by atoms with van der Waals surface area (Å²) in [6.45, 7) is 0. The number of hydrogen-bond donors (Lipinski definition) is 0. The standard InChI is InChI=1S/C46H35B5/c47-42-40(43(48)45(50)46(51)44(42)49)32-24-30-12-3-4-15-33(30)38(25-32)41-36-18-7-5-16-34(36)39(35-17-6-8-19-37(35)41)31-14-9-13-28(23-31)29-21-20-26-10-1-2-11-27(26)22-29/h1-25H,47-51H2. The van der Waals surface area contributed by atoms with Crippen molar-refractivity contribution in [3.05, 3.63) is 152 Å². The molecule has 0 atom stereocenters. The summed E-state index contributed by atoms with van der Waals surface area (Å²) in [6, 6.07) is 56.4. The highest BCUT2D eigenvalue weighted by molar-refractivity contribution is 6.68. The molecule has 0 radical (unpaired) electrons. The maximum Gasteiger partial charge on any atom is 0.139 e. The van der Waals surface area contributed by atoms with E-state index in [2.05, 4.69) is 191 Å². The smallest absolute Gasteiger partial charge is 0.102 e. The van der Waals surface area contributed by atoms with Crippen molar-refractivity contribution in [2.24, 2.45) is 0 Å². The monoisotopic (exact) mass is 642 g/mol. The first kappa shape index (κ1) is 31.3. The molecule has 0 heterocycles. The molecule has 0 spiro atoms. The van der Waals surface area contributed by atoms with Gasteiger partial charge in [-0.25, -0.2) is 0 Å². The Hall–Kier alpha value is -5.66. The molecule has 5 heteroatoms. The second kappa shape index (κ2) is 12.3. The van der Waals surface area contributed by atoms with E-state index in [-0.39, 0.29) is 0 Å². The second-order valence-electron chi connectivity index (χ2n) is 14.2. The van der Waals surface area contributed by atoms with Gasteiger partial charge in [0.2, 0.25) is 0 Å². The van der Waals surface area contributed by atoms with Crippen LogP contribution in [0.3, 0.4) is 0 Å². The van der Waals surface area contributed by atoms with Crippen LogP contribution >= 0.6 is 0 Å². The summed E-state index contributed by atoms with van der Waals surface area (Å²) in [5.41, 5.74) is 17.1. The largest absolute Gasteiger partial charge is 0.139 e. The van der Waals surface area contributed by atoms with Gasteiger partial charge in [-0.15, -0.1) is 16.4 Å². The van der Waals surface area contributed by atoms with E-state index in [1.54, 1.807) is 0 Å². The van der Waals surface area contributed by atoms with E-state index in [0.29, 0.717) is 0 Å². The Bertz CT molecular complexity index is 2790. The van der Waals surface area contributed by atoms with Crippen molar-refractivity contribution >= 4 is 110 Å². The van der Waals surface area contributed by atoms with Crippen LogP contribution in [0.15, 0.2) is 152 Å². The molecule has 0 unspecified atom stereocenters. The SMILES string of the molecule is Bc1c(B)c(B)c(-c2cc(-c3c4ccccc4c(-c4cccc(-c5ccc6ccccc6c5)c4)c4ccccc34)c3ccccc3c2)c(B)c1B. The maximum atomic E-state index is 2.47. The van der Waals surface area contributed by atoms with Crippen molar-refractivity contribution in [2.75, 3.05) is 0 Å². The van der Waals surface area contributed by atoms with E-state index >= 15 is 0 Å². The van der Waals surface area contributed by atoms with Crippen LogP contribution in [-0.4, -0.2) is 39.2 Å². The van der Waals surface area contributed by atoms with E-state index in [1.165, 1.54) is 115 Å². The van der Waals surface area contributed by atoms with Crippen LogP contribution in [0.2, 0.25) is 0 Å². The molecular weight excluding hydrogens is 607 g/mol. The lowest BCUT2D eigenvalue weighted by Crippen LogP contribution is -2.55. The normalized spacial score (nSPS) is 11.5. The predicted octanol–water partition coefficient (Wildman–Crippen LogP) is 4.26. The molecule has 0 aliphatic rings. The highest BCUT2D eigenvalue weighted by Gasteiger charge is 2.20. The molecule has 0 N–H and O–H groups in total. The quantitative estimate of drug-likeness (QED) is 0.199. The minimum atomic E-state index is 1.23. The lowest BCUT2D eigenvalue weighted by molar-refractivity contribution is 1.63. The zero-order chi connectivity index (χ0) is 34.8. The molecular formula is C46H35B5. The Morgan fingerprint density at radius 1 is 0.255 bits per heavy atom. The van der Waals surface area contributed by atoms with Crippen LogP contribution < -0.4 is 27.3 Å². The molecule has 0 saturated heterocycles. The predicted molar refractivity (Wildman–Crippen MR) is 239 cm³/mol. The van der Waals surface area contributed by atoms with Gasteiger partial charge in [-0.1, -0.05) is 138 Å². The fourth-order valence-electron chi connectivity index (χ4n) is 8.55. The van der Waals surface area contributed by atoms with Crippen molar-refractivity contribution in [2.45, 2.75) is 0 Å². The van der Waals surface area contributed by atoms with Crippen molar-refractivity contribution < 1.29 is 0 Å². The van der Waals surface area contributed by atoms with E-state index < -0.39 is 0 Å². The Balaban J connectivity index is 1.34. The molecule has 0 aromatic heterocycles. The van der Waals surface area contributed by atoms with Gasteiger partial charge in [-0.05, 0) is 112 Å². The number of hydrogen-bond acceptors (Lipinski definition) is 0. The summed E-state index contributed by atoms with van der Waals surface area (Å²) >= 11 is 0. The fourth-order valence-corrected chi connectivity index (χ4v) is 8.55. The first-order valence-corrected chi connectivity index (χ1v) is 18.0. The average molecular weight is 642 g/mol. The maximum absolute atomic E-state index is 2.47. The topological polar surface area (TPSA) is 0 Å². The third-order valence-corrected chi connectivity index (χ3v) is 11.6. The molecule has 0 aliphatic heterocycles. The molecule has 234 valence electrons. The van der Waals surface area contributed by atoms with Crippen LogP contribution in [0.1, 0.15) is 0 Å². The van der Waals surface area contributed by atoms with Crippen LogP contribution in [0.4, 0.5) is 0 Å². The molecule has 0 fully saturated rings. The summed E-state index contributed by atoms with van der Waals surface area (Å²) in [5.74, 6) is 0. The zero-order valence-corrected chi connectivity index (χ0v) is 29.9. The van der Waals surface area contributed by atoms with Crippen LogP contribution in [0.25, 0.3) is 87.6 Å². The van der Waals surface area contributed by atoms with Gasteiger partial charge in [-0.2, -0.15) is 0 Å². The molecule has 0 saturated carbocycles. The second-order valence-corrected chi connectivity index (χ2v) is 14.2. The third kappa shape index (κ3) is 5.06. The van der Waals surface area contributed by atoms with E-state index in [4.69, 9.17) is 0 Å². The summed E-state index contributed by atoms with van der Waals surface area (Å²) in [7, 11) is 11.4. The van der Waals surface area contributed by atoms with Gasteiger partial charge < -0.3 is 0 Å². The Kier molecular flexibility index (Phi) is 7.55. The number of fused-ring (bicyclic) bond motifs is 4. The molecule has 0 amide bonds. The lowest BCUT2D eigenvalue weighted by atomic mass is 9.59.